The van der Waals surface area contributed by atoms with Crippen LogP contribution in [0.25, 0.3) is 0 Å². The van der Waals surface area contributed by atoms with Gasteiger partial charge in [-0.15, -0.1) is 0 Å². The van der Waals surface area contributed by atoms with Gasteiger partial charge in [0.2, 0.25) is 0 Å². The molecule has 1 amide bonds. The molecule has 0 unspecified atom stereocenters. The fourth-order valence-electron chi connectivity index (χ4n) is 1.30. The Kier molecular flexibility index (Phi) is 3.80. The number of likely N-dealkylation sites (N-methyl/N-ethyl adjacent to an activating group) is 1. The quantitative estimate of drug-likeness (QED) is 0.785. The van der Waals surface area contributed by atoms with Crippen molar-refractivity contribution < 1.29 is 4.79 Å². The molecule has 0 saturated carbocycles. The Morgan fingerprint density at radius 1 is 1.53 bits per heavy atom. The van der Waals surface area contributed by atoms with Gasteiger partial charge in [0.1, 0.15) is 0 Å². The number of rotatable bonds is 3. The smallest absolute Gasteiger partial charge is 0.253 e. The number of carbonyl (C=O) groups is 1. The van der Waals surface area contributed by atoms with Gasteiger partial charge in [-0.2, -0.15) is 0 Å². The van der Waals surface area contributed by atoms with E-state index in [9.17, 15) is 4.79 Å². The number of thiocarbonyl (C=S) groups is 1. The van der Waals surface area contributed by atoms with Crippen LogP contribution >= 0.6 is 12.2 Å². The molecule has 1 rings (SSSR count). The van der Waals surface area contributed by atoms with E-state index >= 15 is 0 Å². The summed E-state index contributed by atoms with van der Waals surface area (Å²) in [6.45, 7) is 2.26. The number of aryl methyl sites for hydroxylation is 1. The molecule has 0 aliphatic rings. The molecule has 4 heteroatoms. The first-order valence-electron chi connectivity index (χ1n) is 4.61. The zero-order valence-electron chi connectivity index (χ0n) is 8.86. The van der Waals surface area contributed by atoms with Crippen LogP contribution in [0, 0.1) is 6.92 Å². The van der Waals surface area contributed by atoms with Crippen LogP contribution in [-0.4, -0.2) is 29.4 Å². The molecule has 80 valence electrons. The molecule has 0 bridgehead atoms. The van der Waals surface area contributed by atoms with Gasteiger partial charge in [-0.05, 0) is 19.1 Å². The second-order valence-electron chi connectivity index (χ2n) is 3.50. The van der Waals surface area contributed by atoms with Crippen molar-refractivity contribution in [3.8, 4) is 0 Å². The van der Waals surface area contributed by atoms with Crippen LogP contribution < -0.4 is 5.73 Å². The van der Waals surface area contributed by atoms with E-state index in [0.717, 1.165) is 5.56 Å². The fourth-order valence-corrected chi connectivity index (χ4v) is 1.50. The summed E-state index contributed by atoms with van der Waals surface area (Å²) in [4.78, 5) is 13.7. The molecule has 15 heavy (non-hydrogen) atoms. The SMILES string of the molecule is Cc1cccc(C(=O)N(C)CC(N)=S)c1. The minimum Gasteiger partial charge on any atom is -0.392 e. The van der Waals surface area contributed by atoms with Crippen molar-refractivity contribution in [1.29, 1.82) is 0 Å². The standard InChI is InChI=1S/C11H14N2OS/c1-8-4-3-5-9(6-8)11(14)13(2)7-10(12)15/h3-6H,7H2,1-2H3,(H2,12,15). The van der Waals surface area contributed by atoms with Crippen molar-refractivity contribution in [2.45, 2.75) is 6.92 Å². The van der Waals surface area contributed by atoms with Crippen molar-refractivity contribution in [1.82, 2.24) is 4.90 Å². The lowest BCUT2D eigenvalue weighted by atomic mass is 10.1. The first-order valence-corrected chi connectivity index (χ1v) is 5.02. The first-order chi connectivity index (χ1) is 7.00. The number of nitrogens with two attached hydrogens (primary N) is 1. The summed E-state index contributed by atoms with van der Waals surface area (Å²) in [6.07, 6.45) is 0. The number of hydrogen-bond donors (Lipinski definition) is 1. The van der Waals surface area contributed by atoms with Gasteiger partial charge < -0.3 is 10.6 Å². The molecule has 0 aliphatic carbocycles. The Morgan fingerprint density at radius 2 is 2.20 bits per heavy atom. The Morgan fingerprint density at radius 3 is 2.73 bits per heavy atom. The predicted molar refractivity (Wildman–Crippen MR) is 64.9 cm³/mol. The van der Waals surface area contributed by atoms with E-state index in [0.29, 0.717) is 17.1 Å². The van der Waals surface area contributed by atoms with E-state index < -0.39 is 0 Å². The van der Waals surface area contributed by atoms with Crippen molar-refractivity contribution in [2.75, 3.05) is 13.6 Å². The van der Waals surface area contributed by atoms with E-state index in [1.165, 1.54) is 4.90 Å². The number of carbonyl (C=O) groups excluding carboxylic acids is 1. The van der Waals surface area contributed by atoms with Crippen LogP contribution in [0.2, 0.25) is 0 Å². The van der Waals surface area contributed by atoms with E-state index in [1.54, 1.807) is 13.1 Å². The van der Waals surface area contributed by atoms with Gasteiger partial charge in [0.25, 0.3) is 5.91 Å². The monoisotopic (exact) mass is 222 g/mol. The first kappa shape index (κ1) is 11.7. The summed E-state index contributed by atoms with van der Waals surface area (Å²) in [5, 5.41) is 0. The Balaban J connectivity index is 2.80. The summed E-state index contributed by atoms with van der Waals surface area (Å²) in [6, 6.07) is 7.44. The molecule has 0 aliphatic heterocycles. The molecule has 0 radical (unpaired) electrons. The summed E-state index contributed by atoms with van der Waals surface area (Å²) in [5.74, 6) is -0.0634. The highest BCUT2D eigenvalue weighted by Gasteiger charge is 2.11. The van der Waals surface area contributed by atoms with Crippen molar-refractivity contribution in [2.24, 2.45) is 5.73 Å². The third-order valence-corrected chi connectivity index (χ3v) is 2.13. The average Bonchev–Trinajstić information content (AvgIpc) is 2.15. The Labute approximate surface area is 94.9 Å². The average molecular weight is 222 g/mol. The van der Waals surface area contributed by atoms with Gasteiger partial charge >= 0.3 is 0 Å². The minimum absolute atomic E-state index is 0.0634. The highest BCUT2D eigenvalue weighted by molar-refractivity contribution is 7.80. The highest BCUT2D eigenvalue weighted by Crippen LogP contribution is 2.06. The minimum atomic E-state index is -0.0634. The topological polar surface area (TPSA) is 46.3 Å². The van der Waals surface area contributed by atoms with Gasteiger partial charge in [0.15, 0.2) is 0 Å². The van der Waals surface area contributed by atoms with Crippen molar-refractivity contribution >= 4 is 23.1 Å². The lowest BCUT2D eigenvalue weighted by Gasteiger charge is -2.16. The molecule has 2 N–H and O–H groups in total. The zero-order valence-corrected chi connectivity index (χ0v) is 9.67. The van der Waals surface area contributed by atoms with Crippen LogP contribution in [0.1, 0.15) is 15.9 Å². The zero-order chi connectivity index (χ0) is 11.4. The van der Waals surface area contributed by atoms with Crippen LogP contribution in [-0.2, 0) is 0 Å². The fraction of sp³-hybridized carbons (Fsp3) is 0.273. The summed E-state index contributed by atoms with van der Waals surface area (Å²) in [5.41, 5.74) is 7.10. The molecule has 0 saturated heterocycles. The number of amides is 1. The van der Waals surface area contributed by atoms with Gasteiger partial charge in [0.05, 0.1) is 11.5 Å². The van der Waals surface area contributed by atoms with Gasteiger partial charge in [-0.25, -0.2) is 0 Å². The van der Waals surface area contributed by atoms with Crippen molar-refractivity contribution in [3.05, 3.63) is 35.4 Å². The number of nitrogens with zero attached hydrogens (tertiary/aromatic N) is 1. The second kappa shape index (κ2) is 4.89. The normalized spacial score (nSPS) is 9.73. The maximum Gasteiger partial charge on any atom is 0.253 e. The maximum absolute atomic E-state index is 11.8. The summed E-state index contributed by atoms with van der Waals surface area (Å²) < 4.78 is 0. The lowest BCUT2D eigenvalue weighted by molar-refractivity contribution is 0.0815. The molecule has 0 atom stereocenters. The van der Waals surface area contributed by atoms with E-state index in [1.807, 2.05) is 25.1 Å². The van der Waals surface area contributed by atoms with Gasteiger partial charge in [-0.1, -0.05) is 29.9 Å². The lowest BCUT2D eigenvalue weighted by Crippen LogP contribution is -2.34. The summed E-state index contributed by atoms with van der Waals surface area (Å²) in [7, 11) is 1.68. The molecule has 0 heterocycles. The third-order valence-electron chi connectivity index (χ3n) is 2.00. The molecule has 0 spiro atoms. The van der Waals surface area contributed by atoms with Crippen LogP contribution in [0.4, 0.5) is 0 Å². The summed E-state index contributed by atoms with van der Waals surface area (Å²) >= 11 is 4.75. The molecule has 1 aromatic rings. The van der Waals surface area contributed by atoms with Gasteiger partial charge in [0, 0.05) is 12.6 Å². The maximum atomic E-state index is 11.8. The number of hydrogen-bond acceptors (Lipinski definition) is 2. The number of benzene rings is 1. The molecular formula is C11H14N2OS. The molecule has 1 aromatic carbocycles. The molecule has 0 aromatic heterocycles. The highest BCUT2D eigenvalue weighted by atomic mass is 32.1. The van der Waals surface area contributed by atoms with Crippen LogP contribution in [0.3, 0.4) is 0 Å². The Bertz CT molecular complexity index is 390. The Hall–Kier alpha value is -1.42. The largest absolute Gasteiger partial charge is 0.392 e. The molecule has 0 fully saturated rings. The van der Waals surface area contributed by atoms with Gasteiger partial charge in [-0.3, -0.25) is 4.79 Å². The molecular weight excluding hydrogens is 208 g/mol. The van der Waals surface area contributed by atoms with Crippen molar-refractivity contribution in [3.63, 3.8) is 0 Å². The third kappa shape index (κ3) is 3.32. The van der Waals surface area contributed by atoms with Crippen LogP contribution in [0.5, 0.6) is 0 Å². The van der Waals surface area contributed by atoms with E-state index in [-0.39, 0.29) is 5.91 Å². The second-order valence-corrected chi connectivity index (χ2v) is 4.02. The van der Waals surface area contributed by atoms with Crippen LogP contribution in [0.15, 0.2) is 24.3 Å². The van der Waals surface area contributed by atoms with E-state index in [2.05, 4.69) is 0 Å². The van der Waals surface area contributed by atoms with E-state index in [4.69, 9.17) is 18.0 Å². The molecule has 3 nitrogen and oxygen atoms in total. The predicted octanol–water partition coefficient (Wildman–Crippen LogP) is 1.35.